The van der Waals surface area contributed by atoms with Gasteiger partial charge in [0.15, 0.2) is 0 Å². The number of halogens is 1. The molecule has 1 heterocycles. The van der Waals surface area contributed by atoms with Crippen molar-refractivity contribution in [2.75, 3.05) is 6.54 Å². The second-order valence-electron chi connectivity index (χ2n) is 5.20. The van der Waals surface area contributed by atoms with E-state index in [1.165, 1.54) is 11.6 Å². The Labute approximate surface area is 110 Å². The first-order chi connectivity index (χ1) is 9.08. The number of fused-ring (bicyclic) bond motifs is 1. The number of carbonyl (C=O) groups is 1. The minimum Gasteiger partial charge on any atom is -0.356 e. The van der Waals surface area contributed by atoms with E-state index in [9.17, 15) is 9.18 Å². The topological polar surface area (TPSA) is 46.9 Å². The molecule has 1 N–H and O–H groups in total. The fraction of sp³-hybridized carbons (Fsp3) is 0.429. The zero-order chi connectivity index (χ0) is 13.6. The van der Waals surface area contributed by atoms with Crippen LogP contribution in [0.4, 0.5) is 4.39 Å². The Bertz CT molecular complexity index is 649. The van der Waals surface area contributed by atoms with Crippen LogP contribution in [0.2, 0.25) is 0 Å². The largest absolute Gasteiger partial charge is 0.356 e. The van der Waals surface area contributed by atoms with Gasteiger partial charge in [-0.05, 0) is 29.9 Å². The van der Waals surface area contributed by atoms with Gasteiger partial charge in [0.1, 0.15) is 0 Å². The Hall–Kier alpha value is -1.91. The standard InChI is InChI=1S/C14H16FN3O/c1-8(19)16-7-9-6-11(9)10-4-3-5-12-13(10)14(15)18(2)17-12/h3-5,9,11H,6-7H2,1-2H3,(H,16,19). The fourth-order valence-corrected chi connectivity index (χ4v) is 2.67. The van der Waals surface area contributed by atoms with E-state index in [0.717, 1.165) is 12.0 Å². The molecule has 5 heteroatoms. The van der Waals surface area contributed by atoms with Gasteiger partial charge >= 0.3 is 0 Å². The molecular weight excluding hydrogens is 245 g/mol. The summed E-state index contributed by atoms with van der Waals surface area (Å²) >= 11 is 0. The summed E-state index contributed by atoms with van der Waals surface area (Å²) in [5.41, 5.74) is 1.71. The molecule has 1 saturated carbocycles. The first-order valence-electron chi connectivity index (χ1n) is 6.43. The molecule has 100 valence electrons. The van der Waals surface area contributed by atoms with Gasteiger partial charge in [-0.1, -0.05) is 12.1 Å². The van der Waals surface area contributed by atoms with Crippen molar-refractivity contribution in [2.24, 2.45) is 13.0 Å². The van der Waals surface area contributed by atoms with Crippen LogP contribution in [0.1, 0.15) is 24.8 Å². The van der Waals surface area contributed by atoms with E-state index in [2.05, 4.69) is 10.4 Å². The molecule has 19 heavy (non-hydrogen) atoms. The van der Waals surface area contributed by atoms with Gasteiger partial charge in [-0.3, -0.25) is 4.79 Å². The molecule has 3 rings (SSSR count). The van der Waals surface area contributed by atoms with E-state index in [1.54, 1.807) is 7.05 Å². The predicted octanol–water partition coefficient (Wildman–Crippen LogP) is 1.95. The molecule has 0 aliphatic heterocycles. The van der Waals surface area contributed by atoms with Crippen molar-refractivity contribution in [3.63, 3.8) is 0 Å². The summed E-state index contributed by atoms with van der Waals surface area (Å²) in [6, 6.07) is 5.70. The highest BCUT2D eigenvalue weighted by Crippen LogP contribution is 2.49. The van der Waals surface area contributed by atoms with Crippen LogP contribution in [0.25, 0.3) is 10.9 Å². The van der Waals surface area contributed by atoms with E-state index in [0.29, 0.717) is 29.3 Å². The zero-order valence-electron chi connectivity index (χ0n) is 11.0. The number of aromatic nitrogens is 2. The summed E-state index contributed by atoms with van der Waals surface area (Å²) in [5.74, 6) is 0.440. The summed E-state index contributed by atoms with van der Waals surface area (Å²) in [6.45, 7) is 2.18. The molecule has 1 amide bonds. The Balaban J connectivity index is 1.88. The number of hydrogen-bond acceptors (Lipinski definition) is 2. The van der Waals surface area contributed by atoms with Crippen molar-refractivity contribution in [3.05, 3.63) is 29.7 Å². The number of rotatable bonds is 3. The molecule has 2 unspecified atom stereocenters. The molecule has 0 saturated heterocycles. The Morgan fingerprint density at radius 1 is 1.58 bits per heavy atom. The highest BCUT2D eigenvalue weighted by Gasteiger charge is 2.39. The van der Waals surface area contributed by atoms with Crippen LogP contribution in [-0.2, 0) is 11.8 Å². The third-order valence-corrected chi connectivity index (χ3v) is 3.76. The van der Waals surface area contributed by atoms with Gasteiger partial charge in [0.05, 0.1) is 10.9 Å². The monoisotopic (exact) mass is 261 g/mol. The third-order valence-electron chi connectivity index (χ3n) is 3.76. The molecule has 0 bridgehead atoms. The van der Waals surface area contributed by atoms with E-state index in [-0.39, 0.29) is 11.9 Å². The highest BCUT2D eigenvalue weighted by atomic mass is 19.1. The van der Waals surface area contributed by atoms with Gasteiger partial charge in [0, 0.05) is 20.5 Å². The first-order valence-corrected chi connectivity index (χ1v) is 6.43. The Morgan fingerprint density at radius 3 is 3.11 bits per heavy atom. The summed E-state index contributed by atoms with van der Waals surface area (Å²) < 4.78 is 15.4. The Kier molecular flexibility index (Phi) is 2.77. The van der Waals surface area contributed by atoms with E-state index < -0.39 is 0 Å². The van der Waals surface area contributed by atoms with E-state index >= 15 is 0 Å². The number of nitrogens with one attached hydrogen (secondary N) is 1. The number of benzene rings is 1. The summed E-state index contributed by atoms with van der Waals surface area (Å²) in [4.78, 5) is 10.9. The smallest absolute Gasteiger partial charge is 0.219 e. The van der Waals surface area contributed by atoms with Crippen LogP contribution in [0.3, 0.4) is 0 Å². The van der Waals surface area contributed by atoms with Gasteiger partial charge in [-0.2, -0.15) is 9.49 Å². The maximum atomic E-state index is 14.1. The molecule has 4 nitrogen and oxygen atoms in total. The average molecular weight is 261 g/mol. The number of nitrogens with zero attached hydrogens (tertiary/aromatic N) is 2. The second-order valence-corrected chi connectivity index (χ2v) is 5.20. The van der Waals surface area contributed by atoms with Crippen molar-refractivity contribution < 1.29 is 9.18 Å². The van der Waals surface area contributed by atoms with Gasteiger partial charge in [-0.15, -0.1) is 0 Å². The van der Waals surface area contributed by atoms with Crippen molar-refractivity contribution in [1.29, 1.82) is 0 Å². The minimum absolute atomic E-state index is 0.0172. The highest BCUT2D eigenvalue weighted by molar-refractivity contribution is 5.83. The predicted molar refractivity (Wildman–Crippen MR) is 70.2 cm³/mol. The van der Waals surface area contributed by atoms with Crippen molar-refractivity contribution in [2.45, 2.75) is 19.3 Å². The van der Waals surface area contributed by atoms with Crippen molar-refractivity contribution in [1.82, 2.24) is 15.1 Å². The molecule has 2 atom stereocenters. The number of amides is 1. The first kappa shape index (κ1) is 12.1. The average Bonchev–Trinajstić information content (AvgIpc) is 3.08. The Morgan fingerprint density at radius 2 is 2.37 bits per heavy atom. The van der Waals surface area contributed by atoms with Crippen LogP contribution in [0.5, 0.6) is 0 Å². The van der Waals surface area contributed by atoms with Gasteiger partial charge in [0.25, 0.3) is 0 Å². The lowest BCUT2D eigenvalue weighted by atomic mass is 10.0. The zero-order valence-corrected chi connectivity index (χ0v) is 11.0. The third kappa shape index (κ3) is 2.09. The van der Waals surface area contributed by atoms with E-state index in [4.69, 9.17) is 0 Å². The number of carbonyl (C=O) groups excluding carboxylic acids is 1. The minimum atomic E-state index is -0.282. The summed E-state index contributed by atoms with van der Waals surface area (Å²) in [6.07, 6.45) is 0.994. The number of aryl methyl sites for hydroxylation is 1. The van der Waals surface area contributed by atoms with E-state index in [1.807, 2.05) is 18.2 Å². The van der Waals surface area contributed by atoms with Crippen LogP contribution in [0, 0.1) is 11.9 Å². The summed E-state index contributed by atoms with van der Waals surface area (Å²) in [7, 11) is 1.61. The number of hydrogen-bond donors (Lipinski definition) is 1. The van der Waals surface area contributed by atoms with Crippen molar-refractivity contribution in [3.8, 4) is 0 Å². The SMILES string of the molecule is CC(=O)NCC1CC1c1cccc2nn(C)c(F)c12. The molecule has 1 fully saturated rings. The molecule has 1 aromatic heterocycles. The van der Waals surface area contributed by atoms with Crippen molar-refractivity contribution >= 4 is 16.8 Å². The lowest BCUT2D eigenvalue weighted by molar-refractivity contribution is -0.119. The van der Waals surface area contributed by atoms with Crippen LogP contribution in [-0.4, -0.2) is 22.2 Å². The molecule has 0 radical (unpaired) electrons. The molecular formula is C14H16FN3O. The maximum Gasteiger partial charge on any atom is 0.219 e. The van der Waals surface area contributed by atoms with Crippen LogP contribution in [0.15, 0.2) is 18.2 Å². The molecule has 1 aliphatic rings. The second kappa shape index (κ2) is 4.33. The van der Waals surface area contributed by atoms with Crippen LogP contribution >= 0.6 is 0 Å². The van der Waals surface area contributed by atoms with Gasteiger partial charge < -0.3 is 5.32 Å². The molecule has 0 spiro atoms. The van der Waals surface area contributed by atoms with Gasteiger partial charge in [0.2, 0.25) is 11.9 Å². The normalized spacial score (nSPS) is 21.6. The molecule has 1 aliphatic carbocycles. The fourth-order valence-electron chi connectivity index (χ4n) is 2.67. The lowest BCUT2D eigenvalue weighted by Crippen LogP contribution is -2.22. The molecule has 1 aromatic carbocycles. The molecule has 2 aromatic rings. The lowest BCUT2D eigenvalue weighted by Gasteiger charge is -2.03. The summed E-state index contributed by atoms with van der Waals surface area (Å²) in [5, 5.41) is 7.60. The van der Waals surface area contributed by atoms with Gasteiger partial charge in [-0.25, -0.2) is 4.68 Å². The maximum absolute atomic E-state index is 14.1. The quantitative estimate of drug-likeness (QED) is 0.918. The van der Waals surface area contributed by atoms with Crippen LogP contribution < -0.4 is 5.32 Å².